The zero-order valence-electron chi connectivity index (χ0n) is 13.9. The molecule has 6 nitrogen and oxygen atoms in total. The molecule has 1 amide bonds. The van der Waals surface area contributed by atoms with Crippen molar-refractivity contribution in [2.45, 2.75) is 13.8 Å². The Balaban J connectivity index is 1.94. The molecule has 124 valence electrons. The number of nitrogens with zero attached hydrogens (tertiary/aromatic N) is 2. The summed E-state index contributed by atoms with van der Waals surface area (Å²) in [6.45, 7) is 3.59. The van der Waals surface area contributed by atoms with Crippen LogP contribution in [-0.4, -0.2) is 24.4 Å². The second kappa shape index (κ2) is 8.47. The van der Waals surface area contributed by atoms with Crippen molar-refractivity contribution < 1.29 is 9.53 Å². The number of rotatable bonds is 6. The van der Waals surface area contributed by atoms with Gasteiger partial charge in [0, 0.05) is 5.56 Å². The standard InChI is InChI=1S/C18H20N4O2/c1-13(19-21-16-9-11-17(24-3)12-10-16)14(2)20-22-18(23)15-7-5-4-6-8-15/h4-12,21H,1-3H3,(H,22,23)/b19-13+,20-14+. The Morgan fingerprint density at radius 2 is 1.54 bits per heavy atom. The van der Waals surface area contributed by atoms with Crippen LogP contribution in [0.25, 0.3) is 0 Å². The topological polar surface area (TPSA) is 75.1 Å². The number of carbonyl (C=O) groups is 1. The molecule has 0 bridgehead atoms. The summed E-state index contributed by atoms with van der Waals surface area (Å²) in [6, 6.07) is 16.3. The van der Waals surface area contributed by atoms with Crippen LogP contribution in [0.1, 0.15) is 24.2 Å². The van der Waals surface area contributed by atoms with E-state index < -0.39 is 0 Å². The highest BCUT2D eigenvalue weighted by atomic mass is 16.5. The first-order valence-corrected chi connectivity index (χ1v) is 7.44. The quantitative estimate of drug-likeness (QED) is 0.632. The Hall–Kier alpha value is -3.15. The third kappa shape index (κ3) is 4.95. The number of benzene rings is 2. The van der Waals surface area contributed by atoms with Crippen LogP contribution in [0.2, 0.25) is 0 Å². The van der Waals surface area contributed by atoms with Crippen molar-refractivity contribution in [3.63, 3.8) is 0 Å². The van der Waals surface area contributed by atoms with Gasteiger partial charge in [-0.05, 0) is 50.2 Å². The van der Waals surface area contributed by atoms with Gasteiger partial charge < -0.3 is 4.74 Å². The van der Waals surface area contributed by atoms with Gasteiger partial charge in [0.15, 0.2) is 0 Å². The lowest BCUT2D eigenvalue weighted by Gasteiger charge is -2.05. The van der Waals surface area contributed by atoms with E-state index >= 15 is 0 Å². The van der Waals surface area contributed by atoms with Crippen molar-refractivity contribution in [3.8, 4) is 5.75 Å². The molecule has 2 rings (SSSR count). The first-order chi connectivity index (χ1) is 11.6. The summed E-state index contributed by atoms with van der Waals surface area (Å²) in [5.41, 5.74) is 8.11. The molecule has 0 aliphatic heterocycles. The Bertz CT molecular complexity index is 737. The van der Waals surface area contributed by atoms with E-state index in [4.69, 9.17) is 4.74 Å². The van der Waals surface area contributed by atoms with Crippen molar-refractivity contribution >= 4 is 23.0 Å². The molecule has 0 atom stereocenters. The molecular weight excluding hydrogens is 304 g/mol. The number of anilines is 1. The fraction of sp³-hybridized carbons (Fsp3) is 0.167. The Morgan fingerprint density at radius 1 is 0.917 bits per heavy atom. The van der Waals surface area contributed by atoms with Crippen LogP contribution < -0.4 is 15.6 Å². The molecule has 0 saturated heterocycles. The molecule has 0 aliphatic carbocycles. The first-order valence-electron chi connectivity index (χ1n) is 7.44. The van der Waals surface area contributed by atoms with Gasteiger partial charge in [0.1, 0.15) is 5.75 Å². The largest absolute Gasteiger partial charge is 0.497 e. The number of methoxy groups -OCH3 is 1. The Morgan fingerprint density at radius 3 is 2.17 bits per heavy atom. The van der Waals surface area contributed by atoms with Gasteiger partial charge in [-0.3, -0.25) is 10.2 Å². The minimum atomic E-state index is -0.258. The van der Waals surface area contributed by atoms with E-state index in [1.807, 2.05) is 37.3 Å². The van der Waals surface area contributed by atoms with E-state index in [-0.39, 0.29) is 5.91 Å². The van der Waals surface area contributed by atoms with Crippen molar-refractivity contribution in [1.29, 1.82) is 0 Å². The molecule has 0 radical (unpaired) electrons. The van der Waals surface area contributed by atoms with Crippen LogP contribution in [0.3, 0.4) is 0 Å². The fourth-order valence-corrected chi connectivity index (χ4v) is 1.76. The molecule has 0 aliphatic rings. The van der Waals surface area contributed by atoms with Crippen molar-refractivity contribution in [2.24, 2.45) is 10.2 Å². The van der Waals surface area contributed by atoms with E-state index in [1.165, 1.54) is 0 Å². The second-order valence-corrected chi connectivity index (χ2v) is 5.04. The van der Waals surface area contributed by atoms with Gasteiger partial charge in [-0.25, -0.2) is 5.43 Å². The third-order valence-corrected chi connectivity index (χ3v) is 3.33. The monoisotopic (exact) mass is 324 g/mol. The summed E-state index contributed by atoms with van der Waals surface area (Å²) in [5, 5.41) is 8.31. The lowest BCUT2D eigenvalue weighted by Crippen LogP contribution is -2.21. The first kappa shape index (κ1) is 17.2. The fourth-order valence-electron chi connectivity index (χ4n) is 1.76. The van der Waals surface area contributed by atoms with Crippen molar-refractivity contribution in [1.82, 2.24) is 5.43 Å². The molecule has 0 spiro atoms. The average molecular weight is 324 g/mol. The highest BCUT2D eigenvalue weighted by Gasteiger charge is 2.04. The van der Waals surface area contributed by atoms with Crippen LogP contribution in [0.5, 0.6) is 5.75 Å². The molecule has 0 aromatic heterocycles. The summed E-state index contributed by atoms with van der Waals surface area (Å²) >= 11 is 0. The molecule has 0 fully saturated rings. The molecule has 0 saturated carbocycles. The van der Waals surface area contributed by atoms with E-state index in [2.05, 4.69) is 21.1 Å². The van der Waals surface area contributed by atoms with Crippen LogP contribution >= 0.6 is 0 Å². The third-order valence-electron chi connectivity index (χ3n) is 3.33. The molecule has 24 heavy (non-hydrogen) atoms. The maximum absolute atomic E-state index is 11.9. The summed E-state index contributed by atoms with van der Waals surface area (Å²) in [4.78, 5) is 11.9. The SMILES string of the molecule is COc1ccc(N/N=C(C)/C(C)=N/NC(=O)c2ccccc2)cc1. The Kier molecular flexibility index (Phi) is 6.08. The van der Waals surface area contributed by atoms with Crippen molar-refractivity contribution in [2.75, 3.05) is 12.5 Å². The number of hydrogen-bond donors (Lipinski definition) is 2. The number of ether oxygens (including phenoxy) is 1. The lowest BCUT2D eigenvalue weighted by molar-refractivity contribution is 0.0955. The number of nitrogens with one attached hydrogen (secondary N) is 2. The maximum Gasteiger partial charge on any atom is 0.271 e. The molecule has 6 heteroatoms. The molecule has 2 aromatic carbocycles. The lowest BCUT2D eigenvalue weighted by atomic mass is 10.2. The number of carbonyl (C=O) groups excluding carboxylic acids is 1. The molecule has 0 heterocycles. The van der Waals surface area contributed by atoms with Crippen LogP contribution in [0.4, 0.5) is 5.69 Å². The minimum Gasteiger partial charge on any atom is -0.497 e. The predicted molar refractivity (Wildman–Crippen MR) is 96.7 cm³/mol. The highest BCUT2D eigenvalue weighted by Crippen LogP contribution is 2.14. The molecule has 2 N–H and O–H groups in total. The Labute approximate surface area is 141 Å². The smallest absolute Gasteiger partial charge is 0.271 e. The van der Waals surface area contributed by atoms with Gasteiger partial charge in [0.25, 0.3) is 5.91 Å². The molecular formula is C18H20N4O2. The van der Waals surface area contributed by atoms with E-state index in [0.29, 0.717) is 17.0 Å². The summed E-state index contributed by atoms with van der Waals surface area (Å²) in [5.74, 6) is 0.522. The highest BCUT2D eigenvalue weighted by molar-refractivity contribution is 6.40. The van der Waals surface area contributed by atoms with Crippen LogP contribution in [0, 0.1) is 0 Å². The molecule has 2 aromatic rings. The van der Waals surface area contributed by atoms with E-state index in [1.54, 1.807) is 38.3 Å². The number of hydrazone groups is 2. The second-order valence-electron chi connectivity index (χ2n) is 5.04. The van der Waals surface area contributed by atoms with Gasteiger partial charge in [0.2, 0.25) is 0 Å². The van der Waals surface area contributed by atoms with Gasteiger partial charge in [-0.15, -0.1) is 0 Å². The number of hydrogen-bond acceptors (Lipinski definition) is 5. The summed E-state index contributed by atoms with van der Waals surface area (Å²) in [6.07, 6.45) is 0. The summed E-state index contributed by atoms with van der Waals surface area (Å²) in [7, 11) is 1.62. The zero-order chi connectivity index (χ0) is 17.4. The maximum atomic E-state index is 11.9. The zero-order valence-corrected chi connectivity index (χ0v) is 13.9. The van der Waals surface area contributed by atoms with Crippen LogP contribution in [-0.2, 0) is 0 Å². The van der Waals surface area contributed by atoms with Gasteiger partial charge >= 0.3 is 0 Å². The molecule has 0 unspecified atom stereocenters. The normalized spacial score (nSPS) is 11.8. The predicted octanol–water partition coefficient (Wildman–Crippen LogP) is 3.29. The van der Waals surface area contributed by atoms with Crippen LogP contribution in [0.15, 0.2) is 64.8 Å². The average Bonchev–Trinajstić information content (AvgIpc) is 2.64. The van der Waals surface area contributed by atoms with E-state index in [0.717, 1.165) is 11.4 Å². The van der Waals surface area contributed by atoms with Gasteiger partial charge in [-0.2, -0.15) is 10.2 Å². The summed E-state index contributed by atoms with van der Waals surface area (Å²) < 4.78 is 5.10. The number of amides is 1. The van der Waals surface area contributed by atoms with Crippen molar-refractivity contribution in [3.05, 3.63) is 60.2 Å². The van der Waals surface area contributed by atoms with Gasteiger partial charge in [0.05, 0.1) is 24.2 Å². The minimum absolute atomic E-state index is 0.258. The van der Waals surface area contributed by atoms with E-state index in [9.17, 15) is 4.79 Å². The van der Waals surface area contributed by atoms with Gasteiger partial charge in [-0.1, -0.05) is 18.2 Å².